The second kappa shape index (κ2) is 8.14. The van der Waals surface area contributed by atoms with Gasteiger partial charge in [-0.2, -0.15) is 0 Å². The third-order valence-corrected chi connectivity index (χ3v) is 4.23. The van der Waals surface area contributed by atoms with E-state index in [0.29, 0.717) is 0 Å². The van der Waals surface area contributed by atoms with Crippen molar-refractivity contribution in [1.29, 1.82) is 0 Å². The van der Waals surface area contributed by atoms with E-state index in [1.54, 1.807) is 0 Å². The van der Waals surface area contributed by atoms with Crippen molar-refractivity contribution in [2.24, 2.45) is 0 Å². The summed E-state index contributed by atoms with van der Waals surface area (Å²) in [6.07, 6.45) is 7.09. The highest BCUT2D eigenvalue weighted by Crippen LogP contribution is 2.18. The molecular weight excluding hydrogens is 286 g/mol. The molecule has 2 aromatic heterocycles. The van der Waals surface area contributed by atoms with Gasteiger partial charge in [0.1, 0.15) is 11.3 Å². The quantitative estimate of drug-likeness (QED) is 0.730. The minimum atomic E-state index is 0.127. The first kappa shape index (κ1) is 17.5. The highest BCUT2D eigenvalue weighted by Gasteiger charge is 2.23. The first-order valence-electron chi connectivity index (χ1n) is 8.89. The summed E-state index contributed by atoms with van der Waals surface area (Å²) in [7, 11) is 0. The number of imidazole rings is 1. The Morgan fingerprint density at radius 1 is 1.13 bits per heavy atom. The molecule has 0 bridgehead atoms. The molecule has 2 rings (SSSR count). The van der Waals surface area contributed by atoms with E-state index in [9.17, 15) is 4.79 Å². The summed E-state index contributed by atoms with van der Waals surface area (Å²) >= 11 is 0. The second-order valence-electron chi connectivity index (χ2n) is 6.19. The van der Waals surface area contributed by atoms with Crippen molar-refractivity contribution in [3.8, 4) is 0 Å². The number of carbonyl (C=O) groups is 1. The van der Waals surface area contributed by atoms with Crippen molar-refractivity contribution in [3.63, 3.8) is 0 Å². The van der Waals surface area contributed by atoms with Crippen LogP contribution in [0.2, 0.25) is 0 Å². The van der Waals surface area contributed by atoms with Gasteiger partial charge >= 0.3 is 0 Å². The van der Waals surface area contributed by atoms with E-state index in [4.69, 9.17) is 0 Å². The highest BCUT2D eigenvalue weighted by molar-refractivity contribution is 5.94. The van der Waals surface area contributed by atoms with Crippen LogP contribution in [0.25, 0.3) is 5.65 Å². The van der Waals surface area contributed by atoms with Gasteiger partial charge in [-0.3, -0.25) is 9.20 Å². The van der Waals surface area contributed by atoms with Crippen LogP contribution in [0, 0.1) is 6.92 Å². The molecule has 0 saturated carbocycles. The summed E-state index contributed by atoms with van der Waals surface area (Å²) in [5.41, 5.74) is 3.65. The molecule has 0 aliphatic heterocycles. The van der Waals surface area contributed by atoms with Gasteiger partial charge in [0.25, 0.3) is 5.91 Å². The Kier molecular flexibility index (Phi) is 6.20. The lowest BCUT2D eigenvalue weighted by atomic mass is 10.2. The van der Waals surface area contributed by atoms with Gasteiger partial charge in [-0.05, 0) is 37.8 Å². The van der Waals surface area contributed by atoms with Crippen LogP contribution in [0.3, 0.4) is 0 Å². The van der Waals surface area contributed by atoms with Gasteiger partial charge in [-0.15, -0.1) is 0 Å². The maximum atomic E-state index is 13.2. The van der Waals surface area contributed by atoms with Crippen molar-refractivity contribution >= 4 is 11.6 Å². The molecule has 0 aromatic carbocycles. The average Bonchev–Trinajstić information content (AvgIpc) is 2.92. The van der Waals surface area contributed by atoms with E-state index < -0.39 is 0 Å². The molecule has 0 aliphatic carbocycles. The average molecular weight is 315 g/mol. The number of unbranched alkanes of at least 4 members (excludes halogenated alkanes) is 2. The third kappa shape index (κ3) is 3.92. The molecule has 0 fully saturated rings. The van der Waals surface area contributed by atoms with Crippen molar-refractivity contribution in [3.05, 3.63) is 35.3 Å². The maximum absolute atomic E-state index is 13.2. The highest BCUT2D eigenvalue weighted by atomic mass is 16.2. The molecule has 4 nitrogen and oxygen atoms in total. The molecule has 126 valence electrons. The summed E-state index contributed by atoms with van der Waals surface area (Å²) < 4.78 is 1.97. The number of hydrogen-bond acceptors (Lipinski definition) is 2. The Morgan fingerprint density at radius 2 is 1.78 bits per heavy atom. The Bertz CT molecular complexity index is 652. The number of amides is 1. The van der Waals surface area contributed by atoms with E-state index >= 15 is 0 Å². The lowest BCUT2D eigenvalue weighted by Gasteiger charge is -2.22. The largest absolute Gasteiger partial charge is 0.337 e. The molecule has 0 unspecified atom stereocenters. The molecule has 0 radical (unpaired) electrons. The molecule has 2 aromatic rings. The fourth-order valence-corrected chi connectivity index (χ4v) is 2.84. The molecule has 0 N–H and O–H groups in total. The zero-order chi connectivity index (χ0) is 16.8. The zero-order valence-corrected chi connectivity index (χ0v) is 14.9. The lowest BCUT2D eigenvalue weighted by Crippen LogP contribution is -2.34. The van der Waals surface area contributed by atoms with Crippen LogP contribution in [-0.2, 0) is 6.42 Å². The first-order valence-corrected chi connectivity index (χ1v) is 8.89. The van der Waals surface area contributed by atoms with Crippen LogP contribution < -0.4 is 0 Å². The predicted octanol–water partition coefficient (Wildman–Crippen LogP) is 4.25. The predicted molar refractivity (Wildman–Crippen MR) is 95.0 cm³/mol. The minimum Gasteiger partial charge on any atom is -0.337 e. The molecule has 0 saturated heterocycles. The molecule has 0 aliphatic rings. The van der Waals surface area contributed by atoms with Gasteiger partial charge in [-0.25, -0.2) is 4.98 Å². The van der Waals surface area contributed by atoms with Gasteiger partial charge in [0.05, 0.1) is 5.69 Å². The second-order valence-corrected chi connectivity index (χ2v) is 6.19. The SMILES string of the molecule is CCCCN(CCCC)C(=O)c1c(CC)nc2ccc(C)cn12. The van der Waals surface area contributed by atoms with Crippen molar-refractivity contribution in [1.82, 2.24) is 14.3 Å². The fourth-order valence-electron chi connectivity index (χ4n) is 2.84. The number of hydrogen-bond donors (Lipinski definition) is 0. The van der Waals surface area contributed by atoms with Crippen LogP contribution in [0.5, 0.6) is 0 Å². The van der Waals surface area contributed by atoms with E-state index in [2.05, 4.69) is 25.8 Å². The van der Waals surface area contributed by atoms with Gasteiger partial charge in [0.2, 0.25) is 0 Å². The Hall–Kier alpha value is -1.84. The van der Waals surface area contributed by atoms with Crippen LogP contribution >= 0.6 is 0 Å². The minimum absolute atomic E-state index is 0.127. The lowest BCUT2D eigenvalue weighted by molar-refractivity contribution is 0.0743. The van der Waals surface area contributed by atoms with Gasteiger partial charge in [0, 0.05) is 19.3 Å². The number of aryl methyl sites for hydroxylation is 2. The number of pyridine rings is 1. The summed E-state index contributed by atoms with van der Waals surface area (Å²) in [5.74, 6) is 0.127. The normalized spacial score (nSPS) is 11.1. The maximum Gasteiger partial charge on any atom is 0.272 e. The van der Waals surface area contributed by atoms with E-state index in [-0.39, 0.29) is 5.91 Å². The summed E-state index contributed by atoms with van der Waals surface area (Å²) in [6.45, 7) is 10.1. The monoisotopic (exact) mass is 315 g/mol. The number of rotatable bonds is 8. The summed E-state index contributed by atoms with van der Waals surface area (Å²) in [4.78, 5) is 19.9. The number of fused-ring (bicyclic) bond motifs is 1. The van der Waals surface area contributed by atoms with Crippen LogP contribution in [0.4, 0.5) is 0 Å². The molecule has 0 spiro atoms. The molecule has 2 heterocycles. The van der Waals surface area contributed by atoms with E-state index in [1.165, 1.54) is 0 Å². The van der Waals surface area contributed by atoms with E-state index in [0.717, 1.165) is 67.8 Å². The molecule has 23 heavy (non-hydrogen) atoms. The molecule has 1 amide bonds. The first-order chi connectivity index (χ1) is 11.1. The van der Waals surface area contributed by atoms with Gasteiger partial charge in [-0.1, -0.05) is 39.7 Å². The fraction of sp³-hybridized carbons (Fsp3) is 0.579. The number of nitrogens with zero attached hydrogens (tertiary/aromatic N) is 3. The van der Waals surface area contributed by atoms with Crippen LogP contribution in [-0.4, -0.2) is 33.3 Å². The Balaban J connectivity index is 2.41. The van der Waals surface area contributed by atoms with Crippen LogP contribution in [0.1, 0.15) is 68.2 Å². The van der Waals surface area contributed by atoms with E-state index in [1.807, 2.05) is 34.6 Å². The third-order valence-electron chi connectivity index (χ3n) is 4.23. The van der Waals surface area contributed by atoms with Gasteiger partial charge < -0.3 is 4.90 Å². The summed E-state index contributed by atoms with van der Waals surface area (Å²) in [5, 5.41) is 0. The topological polar surface area (TPSA) is 37.6 Å². The number of aromatic nitrogens is 2. The van der Waals surface area contributed by atoms with Crippen molar-refractivity contribution < 1.29 is 4.79 Å². The zero-order valence-electron chi connectivity index (χ0n) is 14.9. The van der Waals surface area contributed by atoms with Gasteiger partial charge in [0.15, 0.2) is 0 Å². The van der Waals surface area contributed by atoms with Crippen molar-refractivity contribution in [2.75, 3.05) is 13.1 Å². The Labute approximate surface area is 139 Å². The van der Waals surface area contributed by atoms with Crippen LogP contribution in [0.15, 0.2) is 18.3 Å². The molecule has 4 heteroatoms. The number of carbonyl (C=O) groups excluding carboxylic acids is 1. The standard InChI is InChI=1S/C19H29N3O/c1-5-8-12-21(13-9-6-2)19(23)18-16(7-3)20-17-11-10-15(4)14-22(17)18/h10-11,14H,5-9,12-13H2,1-4H3. The Morgan fingerprint density at radius 3 is 2.35 bits per heavy atom. The smallest absolute Gasteiger partial charge is 0.272 e. The summed E-state index contributed by atoms with van der Waals surface area (Å²) in [6, 6.07) is 4.04. The van der Waals surface area contributed by atoms with Crippen molar-refractivity contribution in [2.45, 2.75) is 59.8 Å². The molecular formula is C19H29N3O. The molecule has 0 atom stereocenters.